The molecule has 0 radical (unpaired) electrons. The second-order valence-electron chi connectivity index (χ2n) is 6.81. The predicted octanol–water partition coefficient (Wildman–Crippen LogP) is 7.27. The second kappa shape index (κ2) is 9.45. The molecule has 0 bridgehead atoms. The van der Waals surface area contributed by atoms with Gasteiger partial charge in [-0.2, -0.15) is 48.3 Å². The molecule has 2 aromatic carbocycles. The monoisotopic (exact) mass is 531 g/mol. The summed E-state index contributed by atoms with van der Waals surface area (Å²) in [6.45, 7) is -2.15. The Morgan fingerprint density at radius 2 is 1.29 bits per heavy atom. The Balaban J connectivity index is 2.41. The lowest BCUT2D eigenvalue weighted by molar-refractivity contribution is -0.153. The Hall–Kier alpha value is -3.20. The zero-order valence-corrected chi connectivity index (χ0v) is 16.5. The van der Waals surface area contributed by atoms with Gasteiger partial charge in [-0.05, 0) is 36.4 Å². The summed E-state index contributed by atoms with van der Waals surface area (Å²) in [4.78, 5) is 12.2. The summed E-state index contributed by atoms with van der Waals surface area (Å²) in [5.74, 6) is -7.84. The van der Waals surface area contributed by atoms with Crippen molar-refractivity contribution >= 4 is 11.6 Å². The minimum Gasteiger partial charge on any atom is -0.486 e. The van der Waals surface area contributed by atoms with Gasteiger partial charge in [0, 0.05) is 11.3 Å². The molecular formula is C19H10F13NO2. The van der Waals surface area contributed by atoms with Crippen molar-refractivity contribution < 1.29 is 66.6 Å². The maximum atomic E-state index is 13.3. The van der Waals surface area contributed by atoms with Gasteiger partial charge in [0.1, 0.15) is 5.75 Å². The Bertz CT molecular complexity index is 1040. The van der Waals surface area contributed by atoms with Crippen LogP contribution in [0, 0.1) is 0 Å². The average molecular weight is 531 g/mol. The lowest BCUT2D eigenvalue weighted by Gasteiger charge is -2.19. The van der Waals surface area contributed by atoms with Crippen LogP contribution in [0.4, 0.5) is 62.8 Å². The van der Waals surface area contributed by atoms with Crippen LogP contribution < -0.4 is 10.1 Å². The van der Waals surface area contributed by atoms with E-state index >= 15 is 0 Å². The van der Waals surface area contributed by atoms with Crippen LogP contribution in [0.5, 0.6) is 5.75 Å². The van der Waals surface area contributed by atoms with E-state index in [1.54, 1.807) is 5.32 Å². The molecule has 0 fully saturated rings. The van der Waals surface area contributed by atoms with Crippen LogP contribution in [0.1, 0.15) is 27.0 Å². The summed E-state index contributed by atoms with van der Waals surface area (Å²) in [6.07, 6.45) is -20.2. The van der Waals surface area contributed by atoms with Crippen LogP contribution in [-0.4, -0.2) is 24.9 Å². The van der Waals surface area contributed by atoms with E-state index in [1.165, 1.54) is 0 Å². The normalized spacial score (nSPS) is 13.2. The van der Waals surface area contributed by atoms with Gasteiger partial charge in [-0.3, -0.25) is 4.79 Å². The van der Waals surface area contributed by atoms with Crippen molar-refractivity contribution in [3.8, 4) is 5.75 Å². The fraction of sp³-hybridized carbons (Fsp3) is 0.316. The first-order chi connectivity index (χ1) is 15.7. The van der Waals surface area contributed by atoms with Crippen molar-refractivity contribution in [3.05, 3.63) is 58.7 Å². The number of ether oxygens (including phenoxy) is 1. The van der Waals surface area contributed by atoms with E-state index in [1.807, 2.05) is 0 Å². The highest BCUT2D eigenvalue weighted by atomic mass is 19.4. The number of hydrogen-bond donors (Lipinski definition) is 1. The molecule has 0 aliphatic rings. The van der Waals surface area contributed by atoms with Crippen LogP contribution in [0.3, 0.4) is 0 Å². The maximum absolute atomic E-state index is 13.3. The fourth-order valence-corrected chi connectivity index (χ4v) is 2.48. The van der Waals surface area contributed by atoms with Gasteiger partial charge >= 0.3 is 30.9 Å². The number of halogens is 13. The van der Waals surface area contributed by atoms with Crippen LogP contribution >= 0.6 is 0 Å². The highest BCUT2D eigenvalue weighted by Gasteiger charge is 2.43. The minimum absolute atomic E-state index is 0.0269. The quantitative estimate of drug-likeness (QED) is 0.398. The first kappa shape index (κ1) is 28.0. The zero-order valence-electron chi connectivity index (χ0n) is 16.5. The van der Waals surface area contributed by atoms with Crippen molar-refractivity contribution in [2.75, 3.05) is 11.9 Å². The third kappa shape index (κ3) is 7.14. The van der Waals surface area contributed by atoms with Crippen LogP contribution in [-0.2, 0) is 18.5 Å². The van der Waals surface area contributed by atoms with Crippen LogP contribution in [0.15, 0.2) is 36.4 Å². The Morgan fingerprint density at radius 3 is 1.71 bits per heavy atom. The van der Waals surface area contributed by atoms with E-state index < -0.39 is 77.1 Å². The molecule has 194 valence electrons. The van der Waals surface area contributed by atoms with Gasteiger partial charge < -0.3 is 10.1 Å². The van der Waals surface area contributed by atoms with Gasteiger partial charge in [0.2, 0.25) is 0 Å². The van der Waals surface area contributed by atoms with E-state index in [0.717, 1.165) is 0 Å². The SMILES string of the molecule is O=C(Nc1ccc(OCC(F)(F)C(F)F)c(C(F)(F)F)c1)c1cc(C(F)(F)F)cc(C(F)(F)F)c1. The number of carbonyl (C=O) groups is 1. The average Bonchev–Trinajstić information content (AvgIpc) is 2.70. The molecule has 0 saturated heterocycles. The van der Waals surface area contributed by atoms with Gasteiger partial charge in [-0.1, -0.05) is 0 Å². The Labute approximate surface area is 186 Å². The summed E-state index contributed by atoms with van der Waals surface area (Å²) < 4.78 is 172. The van der Waals surface area contributed by atoms with Gasteiger partial charge in [-0.25, -0.2) is 8.78 Å². The van der Waals surface area contributed by atoms with Gasteiger partial charge in [0.15, 0.2) is 6.61 Å². The highest BCUT2D eigenvalue weighted by Crippen LogP contribution is 2.40. The summed E-state index contributed by atoms with van der Waals surface area (Å²) in [7, 11) is 0. The maximum Gasteiger partial charge on any atom is 0.420 e. The van der Waals surface area contributed by atoms with E-state index in [0.29, 0.717) is 12.1 Å². The number of benzene rings is 2. The van der Waals surface area contributed by atoms with Crippen LogP contribution in [0.2, 0.25) is 0 Å². The van der Waals surface area contributed by atoms with Gasteiger partial charge in [-0.15, -0.1) is 0 Å². The van der Waals surface area contributed by atoms with E-state index in [-0.39, 0.29) is 24.3 Å². The molecule has 0 aromatic heterocycles. The number of nitrogens with one attached hydrogen (secondary N) is 1. The molecule has 1 amide bonds. The van der Waals surface area contributed by atoms with Crippen molar-refractivity contribution in [1.82, 2.24) is 0 Å². The van der Waals surface area contributed by atoms with Crippen molar-refractivity contribution in [1.29, 1.82) is 0 Å². The Morgan fingerprint density at radius 1 is 0.771 bits per heavy atom. The number of amides is 1. The highest BCUT2D eigenvalue weighted by molar-refractivity contribution is 6.04. The molecule has 0 spiro atoms. The summed E-state index contributed by atoms with van der Waals surface area (Å²) >= 11 is 0. The van der Waals surface area contributed by atoms with Gasteiger partial charge in [0.25, 0.3) is 5.91 Å². The molecule has 0 unspecified atom stereocenters. The molecule has 0 atom stereocenters. The number of hydrogen-bond acceptors (Lipinski definition) is 2. The smallest absolute Gasteiger partial charge is 0.420 e. The van der Waals surface area contributed by atoms with E-state index in [2.05, 4.69) is 4.74 Å². The second-order valence-corrected chi connectivity index (χ2v) is 6.81. The lowest BCUT2D eigenvalue weighted by atomic mass is 10.0. The van der Waals surface area contributed by atoms with Crippen LogP contribution in [0.25, 0.3) is 0 Å². The lowest BCUT2D eigenvalue weighted by Crippen LogP contribution is -2.34. The molecule has 2 aromatic rings. The standard InChI is InChI=1S/C19H10F13NO2/c20-15(21)16(22,23)7-35-13-2-1-11(6-12(13)19(30,31)32)33-14(34)8-3-9(17(24,25)26)5-10(4-8)18(27,28)29/h1-6,15H,7H2,(H,33,34). The Kier molecular flexibility index (Phi) is 7.57. The van der Waals surface area contributed by atoms with Crippen molar-refractivity contribution in [3.63, 3.8) is 0 Å². The summed E-state index contributed by atoms with van der Waals surface area (Å²) in [5.41, 5.74) is -7.62. The fourth-order valence-electron chi connectivity index (χ4n) is 2.48. The molecule has 0 aliphatic carbocycles. The molecule has 2 rings (SSSR count). The largest absolute Gasteiger partial charge is 0.486 e. The summed E-state index contributed by atoms with van der Waals surface area (Å²) in [5, 5.41) is 1.65. The molecule has 0 saturated carbocycles. The van der Waals surface area contributed by atoms with Crippen molar-refractivity contribution in [2.45, 2.75) is 30.9 Å². The van der Waals surface area contributed by atoms with Gasteiger partial charge in [0.05, 0.1) is 16.7 Å². The molecule has 0 aliphatic heterocycles. The molecule has 0 heterocycles. The third-order valence-electron chi connectivity index (χ3n) is 4.13. The first-order valence-corrected chi connectivity index (χ1v) is 8.82. The molecule has 3 nitrogen and oxygen atoms in total. The summed E-state index contributed by atoms with van der Waals surface area (Å²) in [6, 6.07) is 0.749. The van der Waals surface area contributed by atoms with E-state index in [4.69, 9.17) is 0 Å². The molecule has 16 heteroatoms. The van der Waals surface area contributed by atoms with Crippen molar-refractivity contribution in [2.24, 2.45) is 0 Å². The first-order valence-electron chi connectivity index (χ1n) is 8.82. The molecule has 35 heavy (non-hydrogen) atoms. The zero-order chi connectivity index (χ0) is 27.0. The topological polar surface area (TPSA) is 38.3 Å². The number of carbonyl (C=O) groups excluding carboxylic acids is 1. The van der Waals surface area contributed by atoms with E-state index in [9.17, 15) is 61.9 Å². The molecular weight excluding hydrogens is 521 g/mol. The molecule has 1 N–H and O–H groups in total. The number of alkyl halides is 13. The predicted molar refractivity (Wildman–Crippen MR) is 92.3 cm³/mol. The number of anilines is 1. The third-order valence-corrected chi connectivity index (χ3v) is 4.13. The number of rotatable bonds is 6. The minimum atomic E-state index is -5.35.